The molecule has 1 saturated heterocycles. The third-order valence-corrected chi connectivity index (χ3v) is 3.63. The second-order valence-electron chi connectivity index (χ2n) is 5.13. The van der Waals surface area contributed by atoms with Gasteiger partial charge in [0.2, 0.25) is 0 Å². The van der Waals surface area contributed by atoms with E-state index in [0.717, 1.165) is 19.4 Å². The highest BCUT2D eigenvalue weighted by molar-refractivity contribution is 5.94. The molecule has 2 rings (SSSR count). The van der Waals surface area contributed by atoms with Gasteiger partial charge in [0, 0.05) is 12.6 Å². The van der Waals surface area contributed by atoms with Crippen molar-refractivity contribution in [1.29, 1.82) is 0 Å². The first-order valence-corrected chi connectivity index (χ1v) is 6.95. The van der Waals surface area contributed by atoms with E-state index in [-0.39, 0.29) is 11.5 Å². The zero-order valence-corrected chi connectivity index (χ0v) is 11.3. The van der Waals surface area contributed by atoms with Gasteiger partial charge in [-0.3, -0.25) is 4.79 Å². The van der Waals surface area contributed by atoms with Gasteiger partial charge in [-0.15, -0.1) is 0 Å². The number of aryl methyl sites for hydroxylation is 1. The molecule has 1 amide bonds. The number of nitrogens with one attached hydrogen (secondary N) is 2. The first-order chi connectivity index (χ1) is 9.18. The van der Waals surface area contributed by atoms with E-state index < -0.39 is 5.82 Å². The molecule has 0 saturated carbocycles. The van der Waals surface area contributed by atoms with Crippen LogP contribution < -0.4 is 10.6 Å². The Bertz CT molecular complexity index is 442. The Hall–Kier alpha value is -1.42. The fourth-order valence-electron chi connectivity index (χ4n) is 2.45. The third-order valence-electron chi connectivity index (χ3n) is 3.63. The first kappa shape index (κ1) is 14.0. The highest BCUT2D eigenvalue weighted by Gasteiger charge is 2.15. The van der Waals surface area contributed by atoms with Gasteiger partial charge in [-0.1, -0.05) is 18.6 Å². The molecule has 0 spiro atoms. The van der Waals surface area contributed by atoms with E-state index in [9.17, 15) is 9.18 Å². The Labute approximate surface area is 113 Å². The van der Waals surface area contributed by atoms with E-state index >= 15 is 0 Å². The fourth-order valence-corrected chi connectivity index (χ4v) is 2.45. The number of rotatable bonds is 4. The van der Waals surface area contributed by atoms with E-state index in [1.807, 2.05) is 0 Å². The van der Waals surface area contributed by atoms with E-state index in [0.29, 0.717) is 18.2 Å². The molecule has 0 aromatic heterocycles. The molecule has 104 valence electrons. The number of carbonyl (C=O) groups excluding carboxylic acids is 1. The number of hydrogen-bond acceptors (Lipinski definition) is 2. The molecule has 1 heterocycles. The minimum absolute atomic E-state index is 0.136. The molecular weight excluding hydrogens is 243 g/mol. The van der Waals surface area contributed by atoms with Crippen molar-refractivity contribution in [2.75, 3.05) is 13.1 Å². The lowest BCUT2D eigenvalue weighted by Crippen LogP contribution is -2.37. The van der Waals surface area contributed by atoms with Crippen molar-refractivity contribution in [1.82, 2.24) is 10.6 Å². The van der Waals surface area contributed by atoms with E-state index in [2.05, 4.69) is 10.6 Å². The smallest absolute Gasteiger partial charge is 0.254 e. The predicted octanol–water partition coefficient (Wildman–Crippen LogP) is 2.40. The predicted molar refractivity (Wildman–Crippen MR) is 73.7 cm³/mol. The molecule has 3 nitrogen and oxygen atoms in total. The van der Waals surface area contributed by atoms with Crippen LogP contribution in [0.25, 0.3) is 0 Å². The van der Waals surface area contributed by atoms with Gasteiger partial charge in [0.05, 0.1) is 5.56 Å². The quantitative estimate of drug-likeness (QED) is 0.876. The number of piperidine rings is 1. The fraction of sp³-hybridized carbons (Fsp3) is 0.533. The number of benzene rings is 1. The molecule has 0 aliphatic carbocycles. The lowest BCUT2D eigenvalue weighted by molar-refractivity contribution is 0.0947. The maximum atomic E-state index is 13.8. The summed E-state index contributed by atoms with van der Waals surface area (Å²) in [6.45, 7) is 3.31. The van der Waals surface area contributed by atoms with Crippen LogP contribution in [0.15, 0.2) is 18.2 Å². The zero-order valence-electron chi connectivity index (χ0n) is 11.3. The van der Waals surface area contributed by atoms with Crippen molar-refractivity contribution < 1.29 is 9.18 Å². The van der Waals surface area contributed by atoms with Crippen LogP contribution in [0.5, 0.6) is 0 Å². The van der Waals surface area contributed by atoms with Crippen molar-refractivity contribution in [3.05, 3.63) is 35.1 Å². The highest BCUT2D eigenvalue weighted by atomic mass is 19.1. The standard InChI is InChI=1S/C15H21FN2O/c1-11-5-4-7-13(14(11)16)15(19)18-10-8-12-6-2-3-9-17-12/h4-5,7,12,17H,2-3,6,8-10H2,1H3,(H,18,19). The van der Waals surface area contributed by atoms with Crippen molar-refractivity contribution in [3.8, 4) is 0 Å². The maximum absolute atomic E-state index is 13.8. The van der Waals surface area contributed by atoms with Gasteiger partial charge in [-0.2, -0.15) is 0 Å². The van der Waals surface area contributed by atoms with Crippen molar-refractivity contribution >= 4 is 5.91 Å². The van der Waals surface area contributed by atoms with Gasteiger partial charge in [-0.05, 0) is 44.4 Å². The maximum Gasteiger partial charge on any atom is 0.254 e. The lowest BCUT2D eigenvalue weighted by Gasteiger charge is -2.23. The van der Waals surface area contributed by atoms with Gasteiger partial charge in [0.15, 0.2) is 0 Å². The minimum Gasteiger partial charge on any atom is -0.352 e. The average molecular weight is 264 g/mol. The van der Waals surface area contributed by atoms with Crippen LogP contribution in [-0.2, 0) is 0 Å². The average Bonchev–Trinajstić information content (AvgIpc) is 2.43. The summed E-state index contributed by atoms with van der Waals surface area (Å²) in [6, 6.07) is 5.38. The normalized spacial score (nSPS) is 19.2. The minimum atomic E-state index is -0.421. The molecule has 1 aromatic rings. The molecule has 0 radical (unpaired) electrons. The van der Waals surface area contributed by atoms with Crippen LogP contribution in [0.4, 0.5) is 4.39 Å². The summed E-state index contributed by atoms with van der Waals surface area (Å²) in [5.74, 6) is -0.743. The molecule has 19 heavy (non-hydrogen) atoms. The monoisotopic (exact) mass is 264 g/mol. The second kappa shape index (κ2) is 6.66. The van der Waals surface area contributed by atoms with Gasteiger partial charge < -0.3 is 10.6 Å². The van der Waals surface area contributed by atoms with Crippen LogP contribution in [0.3, 0.4) is 0 Å². The Morgan fingerprint density at radius 1 is 1.47 bits per heavy atom. The van der Waals surface area contributed by atoms with Crippen LogP contribution >= 0.6 is 0 Å². The molecule has 1 atom stereocenters. The molecule has 0 bridgehead atoms. The largest absolute Gasteiger partial charge is 0.352 e. The molecule has 1 unspecified atom stereocenters. The number of carbonyl (C=O) groups is 1. The molecular formula is C15H21FN2O. The topological polar surface area (TPSA) is 41.1 Å². The summed E-state index contributed by atoms with van der Waals surface area (Å²) in [4.78, 5) is 11.9. The van der Waals surface area contributed by atoms with Crippen molar-refractivity contribution in [2.45, 2.75) is 38.6 Å². The third kappa shape index (κ3) is 3.77. The van der Waals surface area contributed by atoms with Gasteiger partial charge >= 0.3 is 0 Å². The van der Waals surface area contributed by atoms with Gasteiger partial charge in [0.1, 0.15) is 5.82 Å². The summed E-state index contributed by atoms with van der Waals surface area (Å²) in [5, 5.41) is 6.22. The summed E-state index contributed by atoms with van der Waals surface area (Å²) in [6.07, 6.45) is 4.54. The molecule has 1 aromatic carbocycles. The Morgan fingerprint density at radius 2 is 2.32 bits per heavy atom. The molecule has 1 fully saturated rings. The molecule has 1 aliphatic rings. The highest BCUT2D eigenvalue weighted by Crippen LogP contribution is 2.12. The first-order valence-electron chi connectivity index (χ1n) is 6.95. The van der Waals surface area contributed by atoms with E-state index in [4.69, 9.17) is 0 Å². The Balaban J connectivity index is 1.82. The summed E-state index contributed by atoms with van der Waals surface area (Å²) < 4.78 is 13.8. The molecule has 1 aliphatic heterocycles. The SMILES string of the molecule is Cc1cccc(C(=O)NCCC2CCCCN2)c1F. The second-order valence-corrected chi connectivity index (χ2v) is 5.13. The number of hydrogen-bond donors (Lipinski definition) is 2. The van der Waals surface area contributed by atoms with E-state index in [1.54, 1.807) is 19.1 Å². The van der Waals surface area contributed by atoms with Crippen LogP contribution in [0.2, 0.25) is 0 Å². The van der Waals surface area contributed by atoms with Crippen molar-refractivity contribution in [2.24, 2.45) is 0 Å². The van der Waals surface area contributed by atoms with Crippen LogP contribution in [0.1, 0.15) is 41.6 Å². The summed E-state index contributed by atoms with van der Waals surface area (Å²) >= 11 is 0. The molecule has 4 heteroatoms. The Morgan fingerprint density at radius 3 is 3.05 bits per heavy atom. The van der Waals surface area contributed by atoms with Gasteiger partial charge in [0.25, 0.3) is 5.91 Å². The van der Waals surface area contributed by atoms with Crippen LogP contribution in [-0.4, -0.2) is 25.0 Å². The van der Waals surface area contributed by atoms with E-state index in [1.165, 1.54) is 18.9 Å². The Kier molecular flexibility index (Phi) is 4.91. The van der Waals surface area contributed by atoms with Crippen molar-refractivity contribution in [3.63, 3.8) is 0 Å². The lowest BCUT2D eigenvalue weighted by atomic mass is 10.0. The molecule has 2 N–H and O–H groups in total. The number of amides is 1. The van der Waals surface area contributed by atoms with Crippen LogP contribution in [0, 0.1) is 12.7 Å². The van der Waals surface area contributed by atoms with Gasteiger partial charge in [-0.25, -0.2) is 4.39 Å². The zero-order chi connectivity index (χ0) is 13.7. The summed E-state index contributed by atoms with van der Waals surface area (Å²) in [5.41, 5.74) is 0.637. The number of halogens is 1. The summed E-state index contributed by atoms with van der Waals surface area (Å²) in [7, 11) is 0.